The van der Waals surface area contributed by atoms with Gasteiger partial charge >= 0.3 is 0 Å². The maximum atomic E-state index is 13.1. The lowest BCUT2D eigenvalue weighted by Crippen LogP contribution is -2.17. The van der Waals surface area contributed by atoms with Gasteiger partial charge in [0.05, 0.1) is 5.56 Å². The first-order valence-corrected chi connectivity index (χ1v) is 7.74. The van der Waals surface area contributed by atoms with E-state index in [4.69, 9.17) is 0 Å². The van der Waals surface area contributed by atoms with Gasteiger partial charge in [-0.05, 0) is 59.0 Å². The van der Waals surface area contributed by atoms with Crippen LogP contribution in [0.3, 0.4) is 0 Å². The van der Waals surface area contributed by atoms with Crippen LogP contribution < -0.4 is 10.6 Å². The summed E-state index contributed by atoms with van der Waals surface area (Å²) in [5.41, 5.74) is 2.25. The number of benzene rings is 2. The average Bonchev–Trinajstić information content (AvgIpc) is 2.46. The first kappa shape index (κ1) is 15.9. The van der Waals surface area contributed by atoms with E-state index in [1.165, 1.54) is 18.2 Å². The molecule has 0 fully saturated rings. The lowest BCUT2D eigenvalue weighted by atomic mass is 10.1. The van der Waals surface area contributed by atoms with Gasteiger partial charge in [0.25, 0.3) is 5.91 Å². The van der Waals surface area contributed by atoms with Crippen molar-refractivity contribution in [3.63, 3.8) is 0 Å². The number of halogens is 2. The van der Waals surface area contributed by atoms with Gasteiger partial charge in [-0.25, -0.2) is 4.39 Å². The van der Waals surface area contributed by atoms with E-state index < -0.39 is 0 Å². The highest BCUT2D eigenvalue weighted by Crippen LogP contribution is 2.19. The molecule has 0 spiro atoms. The van der Waals surface area contributed by atoms with Crippen LogP contribution in [0.2, 0.25) is 0 Å². The van der Waals surface area contributed by atoms with Crippen LogP contribution in [0.25, 0.3) is 0 Å². The Balaban J connectivity index is 2.19. The van der Waals surface area contributed by atoms with Crippen LogP contribution in [0.5, 0.6) is 0 Å². The Morgan fingerprint density at radius 1 is 1.24 bits per heavy atom. The van der Waals surface area contributed by atoms with Gasteiger partial charge in [-0.2, -0.15) is 0 Å². The summed E-state index contributed by atoms with van der Waals surface area (Å²) in [4.78, 5) is 12.3. The van der Waals surface area contributed by atoms with E-state index in [0.29, 0.717) is 15.7 Å². The van der Waals surface area contributed by atoms with Gasteiger partial charge in [0.1, 0.15) is 5.82 Å². The minimum absolute atomic E-state index is 0.233. The molecule has 0 aromatic heterocycles. The number of para-hydroxylation sites is 1. The zero-order chi connectivity index (χ0) is 15.2. The molecule has 0 heterocycles. The number of hydrogen-bond donors (Lipinski definition) is 2. The molecule has 110 valence electrons. The predicted octanol–water partition coefficient (Wildman–Crippen LogP) is 3.79. The van der Waals surface area contributed by atoms with E-state index in [0.717, 1.165) is 17.8 Å². The summed E-state index contributed by atoms with van der Waals surface area (Å²) in [6, 6.07) is 11.8. The van der Waals surface area contributed by atoms with E-state index in [2.05, 4.69) is 10.6 Å². The fourth-order valence-electron chi connectivity index (χ4n) is 1.92. The molecular formula is C16H16FIN2O. The van der Waals surface area contributed by atoms with Crippen molar-refractivity contribution >= 4 is 34.2 Å². The van der Waals surface area contributed by atoms with Crippen molar-refractivity contribution in [3.8, 4) is 0 Å². The molecule has 0 saturated carbocycles. The molecule has 0 aliphatic rings. The van der Waals surface area contributed by atoms with Crippen molar-refractivity contribution in [2.45, 2.75) is 13.5 Å². The summed E-state index contributed by atoms with van der Waals surface area (Å²) >= 11 is 1.96. The molecule has 0 aliphatic carbocycles. The van der Waals surface area contributed by atoms with Crippen LogP contribution >= 0.6 is 22.6 Å². The van der Waals surface area contributed by atoms with E-state index in [-0.39, 0.29) is 11.7 Å². The molecule has 3 nitrogen and oxygen atoms in total. The number of anilines is 1. The van der Waals surface area contributed by atoms with Gasteiger partial charge in [-0.3, -0.25) is 4.79 Å². The SMILES string of the molecule is CCNCc1ccccc1NC(=O)c1ccc(F)cc1I. The van der Waals surface area contributed by atoms with Gasteiger partial charge in [-0.15, -0.1) is 0 Å². The fourth-order valence-corrected chi connectivity index (χ4v) is 2.64. The summed E-state index contributed by atoms with van der Waals surface area (Å²) < 4.78 is 13.7. The first-order chi connectivity index (χ1) is 10.1. The highest BCUT2D eigenvalue weighted by atomic mass is 127. The Labute approximate surface area is 137 Å². The van der Waals surface area contributed by atoms with E-state index >= 15 is 0 Å². The van der Waals surface area contributed by atoms with E-state index in [9.17, 15) is 9.18 Å². The monoisotopic (exact) mass is 398 g/mol. The van der Waals surface area contributed by atoms with Crippen molar-refractivity contribution in [2.75, 3.05) is 11.9 Å². The minimum Gasteiger partial charge on any atom is -0.322 e. The van der Waals surface area contributed by atoms with Crippen LogP contribution in [0.15, 0.2) is 42.5 Å². The maximum Gasteiger partial charge on any atom is 0.256 e. The Morgan fingerprint density at radius 2 is 2.00 bits per heavy atom. The molecule has 0 saturated heterocycles. The van der Waals surface area contributed by atoms with Gasteiger partial charge in [0, 0.05) is 15.8 Å². The predicted molar refractivity (Wildman–Crippen MR) is 90.9 cm³/mol. The quantitative estimate of drug-likeness (QED) is 0.753. The van der Waals surface area contributed by atoms with E-state index in [1.807, 2.05) is 53.8 Å². The Kier molecular flexibility index (Phi) is 5.69. The second-order valence-corrected chi connectivity index (χ2v) is 5.68. The van der Waals surface area contributed by atoms with Gasteiger partial charge in [0.15, 0.2) is 0 Å². The van der Waals surface area contributed by atoms with Crippen LogP contribution in [0.1, 0.15) is 22.8 Å². The summed E-state index contributed by atoms with van der Waals surface area (Å²) in [7, 11) is 0. The fraction of sp³-hybridized carbons (Fsp3) is 0.188. The summed E-state index contributed by atoms with van der Waals surface area (Å²) in [5.74, 6) is -0.577. The molecular weight excluding hydrogens is 382 g/mol. The highest BCUT2D eigenvalue weighted by Gasteiger charge is 2.12. The lowest BCUT2D eigenvalue weighted by molar-refractivity contribution is 0.102. The second kappa shape index (κ2) is 7.51. The molecule has 2 rings (SSSR count). The normalized spacial score (nSPS) is 10.4. The van der Waals surface area contributed by atoms with Crippen LogP contribution in [-0.4, -0.2) is 12.5 Å². The summed E-state index contributed by atoms with van der Waals surface area (Å²) in [6.07, 6.45) is 0. The van der Waals surface area contributed by atoms with Crippen molar-refractivity contribution in [2.24, 2.45) is 0 Å². The smallest absolute Gasteiger partial charge is 0.256 e. The molecule has 5 heteroatoms. The van der Waals surface area contributed by atoms with Gasteiger partial charge in [0.2, 0.25) is 0 Å². The summed E-state index contributed by atoms with van der Waals surface area (Å²) in [6.45, 7) is 3.58. The standard InChI is InChI=1S/C16H16FIN2O/c1-2-19-10-11-5-3-4-6-15(11)20-16(21)13-8-7-12(17)9-14(13)18/h3-9,19H,2,10H2,1H3,(H,20,21). The van der Waals surface area contributed by atoms with Crippen molar-refractivity contribution in [1.29, 1.82) is 0 Å². The van der Waals surface area contributed by atoms with Crippen LogP contribution in [0, 0.1) is 9.39 Å². The lowest BCUT2D eigenvalue weighted by Gasteiger charge is -2.12. The van der Waals surface area contributed by atoms with Gasteiger partial charge < -0.3 is 10.6 Å². The maximum absolute atomic E-state index is 13.1. The molecule has 2 aromatic carbocycles. The van der Waals surface area contributed by atoms with Crippen molar-refractivity contribution < 1.29 is 9.18 Å². The highest BCUT2D eigenvalue weighted by molar-refractivity contribution is 14.1. The number of rotatable bonds is 5. The molecule has 2 N–H and O–H groups in total. The van der Waals surface area contributed by atoms with Gasteiger partial charge in [-0.1, -0.05) is 25.1 Å². The molecule has 0 atom stereocenters. The number of hydrogen-bond acceptors (Lipinski definition) is 2. The molecule has 0 aliphatic heterocycles. The van der Waals surface area contributed by atoms with Crippen molar-refractivity contribution in [1.82, 2.24) is 5.32 Å². The third kappa shape index (κ3) is 4.25. The average molecular weight is 398 g/mol. The number of amides is 1. The Morgan fingerprint density at radius 3 is 2.71 bits per heavy atom. The van der Waals surface area contributed by atoms with Crippen LogP contribution in [-0.2, 0) is 6.54 Å². The van der Waals surface area contributed by atoms with Crippen molar-refractivity contribution in [3.05, 3.63) is 63.0 Å². The molecule has 0 radical (unpaired) electrons. The number of carbonyl (C=O) groups excluding carboxylic acids is 1. The Bertz CT molecular complexity index is 646. The number of carbonyl (C=O) groups is 1. The molecule has 0 unspecified atom stereocenters. The molecule has 1 amide bonds. The zero-order valence-electron chi connectivity index (χ0n) is 11.6. The second-order valence-electron chi connectivity index (χ2n) is 4.52. The molecule has 0 bridgehead atoms. The molecule has 2 aromatic rings. The largest absolute Gasteiger partial charge is 0.322 e. The third-order valence-electron chi connectivity index (χ3n) is 3.01. The first-order valence-electron chi connectivity index (χ1n) is 6.67. The molecule has 21 heavy (non-hydrogen) atoms. The zero-order valence-corrected chi connectivity index (χ0v) is 13.8. The summed E-state index contributed by atoms with van der Waals surface area (Å²) in [5, 5.41) is 6.12. The van der Waals surface area contributed by atoms with E-state index in [1.54, 1.807) is 0 Å². The Hall–Kier alpha value is -1.47. The number of nitrogens with one attached hydrogen (secondary N) is 2. The topological polar surface area (TPSA) is 41.1 Å². The third-order valence-corrected chi connectivity index (χ3v) is 3.90. The van der Waals surface area contributed by atoms with Crippen LogP contribution in [0.4, 0.5) is 10.1 Å². The minimum atomic E-state index is -0.344.